The number of carboxylic acid groups (broad SMARTS) is 3. The molecule has 0 heterocycles. The Kier molecular flexibility index (Phi) is 14.8. The monoisotopic (exact) mass is 595 g/mol. The maximum absolute atomic E-state index is 13.1. The fourth-order valence-electron chi connectivity index (χ4n) is 3.64. The van der Waals surface area contributed by atoms with Crippen LogP contribution in [0.25, 0.3) is 0 Å². The van der Waals surface area contributed by atoms with Crippen LogP contribution in [-0.2, 0) is 35.2 Å². The molecule has 4 atom stereocenters. The average molecular weight is 596 g/mol. The maximum atomic E-state index is 13.1. The number of phenolic OH excluding ortho intramolecular Hbond substituents is 1. The highest BCUT2D eigenvalue weighted by molar-refractivity contribution is 5.94. The van der Waals surface area contributed by atoms with E-state index in [2.05, 4.69) is 20.9 Å². The van der Waals surface area contributed by atoms with Gasteiger partial charge < -0.3 is 53.6 Å². The van der Waals surface area contributed by atoms with Gasteiger partial charge in [-0.3, -0.25) is 29.0 Å². The number of carbonyl (C=O) groups is 6. The zero-order chi connectivity index (χ0) is 31.8. The summed E-state index contributed by atoms with van der Waals surface area (Å²) in [6.45, 7) is 0.0843. The van der Waals surface area contributed by atoms with Gasteiger partial charge in [-0.2, -0.15) is 0 Å². The predicted octanol–water partition coefficient (Wildman–Crippen LogP) is -2.42. The third-order valence-corrected chi connectivity index (χ3v) is 5.85. The molecule has 1 aromatic carbocycles. The fraction of sp³-hybridized carbons (Fsp3) is 0.480. The predicted molar refractivity (Wildman–Crippen MR) is 147 cm³/mol. The molecule has 1 rings (SSSR count). The van der Waals surface area contributed by atoms with E-state index in [9.17, 15) is 39.0 Å². The quantitative estimate of drug-likeness (QED) is 0.0453. The first-order valence-corrected chi connectivity index (χ1v) is 12.9. The van der Waals surface area contributed by atoms with E-state index in [-0.39, 0.29) is 37.5 Å². The van der Waals surface area contributed by atoms with Crippen molar-refractivity contribution >= 4 is 41.6 Å². The second-order valence-corrected chi connectivity index (χ2v) is 9.31. The largest absolute Gasteiger partial charge is 0.508 e. The van der Waals surface area contributed by atoms with Crippen molar-refractivity contribution in [3.8, 4) is 5.75 Å². The van der Waals surface area contributed by atoms with E-state index in [4.69, 9.17) is 27.4 Å². The molecule has 0 radical (unpaired) electrons. The summed E-state index contributed by atoms with van der Waals surface area (Å²) in [5.41, 5.74) is 17.0. The standard InChI is InChI=1S/C25H37N7O10/c26-15(12-13-3-5-14(33)6-4-13)21(38)30-16(7-9-19(34)35)22(39)31-17(8-10-20(36)37)23(40)32-18(24(41)42)2-1-11-29-25(27)28/h3-6,15-18,33H,1-2,7-12,26H2,(H,30,38)(H,31,39)(H,32,40)(H,34,35)(H,36,37)(H,41,42)(H4,27,28,29). The maximum Gasteiger partial charge on any atom is 0.326 e. The number of benzene rings is 1. The fourth-order valence-corrected chi connectivity index (χ4v) is 3.64. The van der Waals surface area contributed by atoms with E-state index in [0.29, 0.717) is 5.56 Å². The van der Waals surface area contributed by atoms with E-state index in [1.807, 2.05) is 0 Å². The van der Waals surface area contributed by atoms with E-state index in [1.54, 1.807) is 0 Å². The summed E-state index contributed by atoms with van der Waals surface area (Å²) in [7, 11) is 0. The van der Waals surface area contributed by atoms with Crippen LogP contribution >= 0.6 is 0 Å². The SMILES string of the molecule is NC(N)=NCCCC(NC(=O)C(CCC(=O)O)NC(=O)C(CCC(=O)O)NC(=O)C(N)Cc1ccc(O)cc1)C(=O)O. The number of nitrogens with one attached hydrogen (secondary N) is 3. The van der Waals surface area contributed by atoms with Crippen LogP contribution in [0.3, 0.4) is 0 Å². The van der Waals surface area contributed by atoms with Crippen molar-refractivity contribution < 1.29 is 49.2 Å². The Morgan fingerprint density at radius 2 is 1.21 bits per heavy atom. The number of nitrogens with zero attached hydrogens (tertiary/aromatic N) is 1. The van der Waals surface area contributed by atoms with Gasteiger partial charge in [-0.05, 0) is 49.8 Å². The summed E-state index contributed by atoms with van der Waals surface area (Å²) >= 11 is 0. The molecule has 0 aliphatic heterocycles. The Bertz CT molecular complexity index is 1140. The Morgan fingerprint density at radius 3 is 1.67 bits per heavy atom. The van der Waals surface area contributed by atoms with Crippen LogP contribution in [0.1, 0.15) is 44.1 Å². The Morgan fingerprint density at radius 1 is 0.738 bits per heavy atom. The van der Waals surface area contributed by atoms with E-state index >= 15 is 0 Å². The highest BCUT2D eigenvalue weighted by atomic mass is 16.4. The number of carbonyl (C=O) groups excluding carboxylic acids is 3. The van der Waals surface area contributed by atoms with Gasteiger partial charge in [0.05, 0.1) is 6.04 Å². The molecular formula is C25H37N7O10. The van der Waals surface area contributed by atoms with E-state index < -0.39 is 85.5 Å². The first kappa shape index (κ1) is 35.1. The van der Waals surface area contributed by atoms with Gasteiger partial charge in [0.15, 0.2) is 5.96 Å². The molecule has 17 heteroatoms. The Labute approximate surface area is 240 Å². The topological polar surface area (TPSA) is 310 Å². The van der Waals surface area contributed by atoms with Gasteiger partial charge in [0.2, 0.25) is 17.7 Å². The molecule has 1 aromatic rings. The van der Waals surface area contributed by atoms with Gasteiger partial charge in [-0.1, -0.05) is 12.1 Å². The van der Waals surface area contributed by atoms with Gasteiger partial charge in [0.25, 0.3) is 0 Å². The molecule has 0 saturated carbocycles. The molecule has 13 N–H and O–H groups in total. The summed E-state index contributed by atoms with van der Waals surface area (Å²) in [5, 5.41) is 43.9. The van der Waals surface area contributed by atoms with Crippen LogP contribution in [0.15, 0.2) is 29.3 Å². The number of nitrogens with two attached hydrogens (primary N) is 3. The van der Waals surface area contributed by atoms with Crippen LogP contribution in [-0.4, -0.2) is 92.7 Å². The van der Waals surface area contributed by atoms with Crippen LogP contribution < -0.4 is 33.2 Å². The number of guanidine groups is 1. The van der Waals surface area contributed by atoms with Crippen LogP contribution in [0.5, 0.6) is 5.75 Å². The minimum Gasteiger partial charge on any atom is -0.508 e. The molecule has 0 aliphatic rings. The zero-order valence-electron chi connectivity index (χ0n) is 22.7. The number of hydrogen-bond acceptors (Lipinski definition) is 9. The number of aromatic hydroxyl groups is 1. The number of phenols is 1. The Balaban J connectivity index is 3.02. The van der Waals surface area contributed by atoms with Crippen LogP contribution in [0.4, 0.5) is 0 Å². The number of amides is 3. The number of aliphatic carboxylic acids is 3. The van der Waals surface area contributed by atoms with Crippen molar-refractivity contribution in [3.05, 3.63) is 29.8 Å². The molecule has 0 aliphatic carbocycles. The zero-order valence-corrected chi connectivity index (χ0v) is 22.7. The molecule has 0 saturated heterocycles. The third-order valence-electron chi connectivity index (χ3n) is 5.85. The smallest absolute Gasteiger partial charge is 0.326 e. The normalized spacial score (nSPS) is 13.5. The molecule has 232 valence electrons. The Hall–Kier alpha value is -4.93. The van der Waals surface area contributed by atoms with Gasteiger partial charge >= 0.3 is 17.9 Å². The first-order chi connectivity index (χ1) is 19.7. The molecule has 42 heavy (non-hydrogen) atoms. The average Bonchev–Trinajstić information content (AvgIpc) is 2.90. The van der Waals surface area contributed by atoms with E-state index in [0.717, 1.165) is 0 Å². The van der Waals surface area contributed by atoms with Crippen molar-refractivity contribution in [2.75, 3.05) is 6.54 Å². The molecule has 0 fully saturated rings. The minimum atomic E-state index is -1.54. The van der Waals surface area contributed by atoms with Crippen LogP contribution in [0.2, 0.25) is 0 Å². The second-order valence-electron chi connectivity index (χ2n) is 9.31. The molecule has 0 bridgehead atoms. The van der Waals surface area contributed by atoms with Crippen molar-refractivity contribution in [3.63, 3.8) is 0 Å². The van der Waals surface area contributed by atoms with Crippen molar-refractivity contribution in [2.24, 2.45) is 22.2 Å². The van der Waals surface area contributed by atoms with Gasteiger partial charge in [-0.15, -0.1) is 0 Å². The summed E-state index contributed by atoms with van der Waals surface area (Å²) in [6, 6.07) is 0.251. The van der Waals surface area contributed by atoms with Gasteiger partial charge in [0, 0.05) is 19.4 Å². The van der Waals surface area contributed by atoms with Crippen molar-refractivity contribution in [1.82, 2.24) is 16.0 Å². The first-order valence-electron chi connectivity index (χ1n) is 12.9. The molecule has 3 amide bonds. The minimum absolute atomic E-state index is 0.00397. The second kappa shape index (κ2) is 17.7. The van der Waals surface area contributed by atoms with Crippen molar-refractivity contribution in [2.45, 2.75) is 69.1 Å². The highest BCUT2D eigenvalue weighted by Crippen LogP contribution is 2.11. The molecule has 0 aromatic heterocycles. The molecule has 17 nitrogen and oxygen atoms in total. The third kappa shape index (κ3) is 13.9. The molecular weight excluding hydrogens is 558 g/mol. The summed E-state index contributed by atoms with van der Waals surface area (Å²) in [5.74, 6) is -7.00. The van der Waals surface area contributed by atoms with Gasteiger partial charge in [0.1, 0.15) is 23.9 Å². The number of rotatable bonds is 19. The number of carboxylic acids is 3. The lowest BCUT2D eigenvalue weighted by atomic mass is 10.0. The highest BCUT2D eigenvalue weighted by Gasteiger charge is 2.31. The number of hydrogen-bond donors (Lipinski definition) is 10. The summed E-state index contributed by atoms with van der Waals surface area (Å²) in [6.07, 6.45) is -1.86. The van der Waals surface area contributed by atoms with E-state index in [1.165, 1.54) is 24.3 Å². The summed E-state index contributed by atoms with van der Waals surface area (Å²) < 4.78 is 0. The lowest BCUT2D eigenvalue weighted by Crippen LogP contribution is -2.57. The molecule has 0 spiro atoms. The lowest BCUT2D eigenvalue weighted by molar-refractivity contribution is -0.143. The van der Waals surface area contributed by atoms with Crippen molar-refractivity contribution in [1.29, 1.82) is 0 Å². The van der Waals surface area contributed by atoms with Gasteiger partial charge in [-0.25, -0.2) is 4.79 Å². The number of aliphatic imine (C=N–C) groups is 1. The summed E-state index contributed by atoms with van der Waals surface area (Å²) in [4.78, 5) is 76.4. The van der Waals surface area contributed by atoms with Crippen LogP contribution in [0, 0.1) is 0 Å². The molecule has 4 unspecified atom stereocenters. The lowest BCUT2D eigenvalue weighted by Gasteiger charge is -2.25.